The lowest BCUT2D eigenvalue weighted by molar-refractivity contribution is -0.135. The molecule has 0 radical (unpaired) electrons. The summed E-state index contributed by atoms with van der Waals surface area (Å²) >= 11 is 0. The average molecular weight is 224 g/mol. The van der Waals surface area contributed by atoms with E-state index < -0.39 is 0 Å². The predicted molar refractivity (Wildman–Crippen MR) is 60.7 cm³/mol. The summed E-state index contributed by atoms with van der Waals surface area (Å²) < 4.78 is 0. The fourth-order valence-corrected chi connectivity index (χ4v) is 2.34. The Hall–Kier alpha value is -1.06. The molecule has 0 bridgehead atoms. The van der Waals surface area contributed by atoms with E-state index in [4.69, 9.17) is 0 Å². The number of carbonyl (C=O) groups excluding carboxylic acids is 2. The number of nitrogens with one attached hydrogen (secondary N) is 1. The third kappa shape index (κ3) is 2.06. The molecule has 0 spiro atoms. The van der Waals surface area contributed by atoms with Gasteiger partial charge < -0.3 is 10.2 Å². The minimum atomic E-state index is -0.331. The first kappa shape index (κ1) is 11.4. The summed E-state index contributed by atoms with van der Waals surface area (Å²) in [6.07, 6.45) is 1.53. The fourth-order valence-electron chi connectivity index (χ4n) is 2.34. The molecule has 0 aromatic carbocycles. The summed E-state index contributed by atoms with van der Waals surface area (Å²) in [6.45, 7) is 6.69. The molecule has 2 aliphatic rings. The second kappa shape index (κ2) is 4.07. The van der Waals surface area contributed by atoms with Gasteiger partial charge in [0.25, 0.3) is 0 Å². The number of hydrogen-bond donors (Lipinski definition) is 1. The second-order valence-corrected chi connectivity index (χ2v) is 5.35. The lowest BCUT2D eigenvalue weighted by atomic mass is 10.0. The predicted octanol–water partition coefficient (Wildman–Crippen LogP) is 0.768. The van der Waals surface area contributed by atoms with Crippen molar-refractivity contribution < 1.29 is 9.59 Å². The first-order valence-corrected chi connectivity index (χ1v) is 6.10. The van der Waals surface area contributed by atoms with Gasteiger partial charge in [-0.2, -0.15) is 0 Å². The van der Waals surface area contributed by atoms with Crippen molar-refractivity contribution in [1.82, 2.24) is 10.2 Å². The van der Waals surface area contributed by atoms with E-state index in [1.54, 1.807) is 0 Å². The van der Waals surface area contributed by atoms with Crippen LogP contribution in [0.2, 0.25) is 0 Å². The normalized spacial score (nSPS) is 35.0. The molecule has 1 aliphatic carbocycles. The molecule has 0 aromatic rings. The van der Waals surface area contributed by atoms with Crippen molar-refractivity contribution in [3.8, 4) is 0 Å². The van der Waals surface area contributed by atoms with Gasteiger partial charge >= 0.3 is 0 Å². The molecule has 16 heavy (non-hydrogen) atoms. The molecule has 4 heteroatoms. The Kier molecular flexibility index (Phi) is 2.91. The number of hydrogen-bond acceptors (Lipinski definition) is 2. The molecule has 1 aliphatic heterocycles. The molecular weight excluding hydrogens is 204 g/mol. The number of carbonyl (C=O) groups is 2. The summed E-state index contributed by atoms with van der Waals surface area (Å²) in [5.41, 5.74) is 0. The summed E-state index contributed by atoms with van der Waals surface area (Å²) in [6, 6.07) is 0.0456. The molecule has 0 aromatic heterocycles. The molecule has 1 N–H and O–H groups in total. The summed E-state index contributed by atoms with van der Waals surface area (Å²) in [5, 5.41) is 2.83. The molecular formula is C12H20N2O2. The number of rotatable bonds is 2. The van der Waals surface area contributed by atoms with Gasteiger partial charge in [0.05, 0.1) is 0 Å². The van der Waals surface area contributed by atoms with Crippen LogP contribution >= 0.6 is 0 Å². The monoisotopic (exact) mass is 224 g/mol. The molecule has 1 saturated carbocycles. The molecule has 2 fully saturated rings. The molecule has 1 saturated heterocycles. The Morgan fingerprint density at radius 1 is 1.38 bits per heavy atom. The molecule has 4 nitrogen and oxygen atoms in total. The summed E-state index contributed by atoms with van der Waals surface area (Å²) in [4.78, 5) is 25.7. The van der Waals surface area contributed by atoms with Crippen LogP contribution in [0.15, 0.2) is 0 Å². The van der Waals surface area contributed by atoms with E-state index in [0.29, 0.717) is 24.9 Å². The highest BCUT2D eigenvalue weighted by Gasteiger charge is 2.44. The molecule has 3 unspecified atom stereocenters. The van der Waals surface area contributed by atoms with Crippen LogP contribution < -0.4 is 5.32 Å². The fraction of sp³-hybridized carbons (Fsp3) is 0.833. The van der Waals surface area contributed by atoms with Crippen LogP contribution in [0.1, 0.15) is 33.6 Å². The van der Waals surface area contributed by atoms with E-state index in [-0.39, 0.29) is 23.8 Å². The van der Waals surface area contributed by atoms with Gasteiger partial charge in [-0.05, 0) is 18.3 Å². The van der Waals surface area contributed by atoms with Crippen molar-refractivity contribution in [2.24, 2.45) is 11.8 Å². The highest BCUT2D eigenvalue weighted by Crippen LogP contribution is 2.36. The van der Waals surface area contributed by atoms with Gasteiger partial charge in [-0.3, -0.25) is 9.59 Å². The maximum absolute atomic E-state index is 12.3. The first-order chi connectivity index (χ1) is 7.50. The molecule has 2 amide bonds. The minimum absolute atomic E-state index is 0.00264. The van der Waals surface area contributed by atoms with Crippen LogP contribution in [0.5, 0.6) is 0 Å². The van der Waals surface area contributed by atoms with Crippen LogP contribution in [0.3, 0.4) is 0 Å². The smallest absolute Gasteiger partial charge is 0.245 e. The summed E-state index contributed by atoms with van der Waals surface area (Å²) in [5.74, 6) is 0.870. The van der Waals surface area contributed by atoms with Crippen LogP contribution in [-0.2, 0) is 9.59 Å². The average Bonchev–Trinajstić information content (AvgIpc) is 2.92. The molecule has 90 valence electrons. The van der Waals surface area contributed by atoms with Crippen molar-refractivity contribution in [1.29, 1.82) is 0 Å². The maximum Gasteiger partial charge on any atom is 0.245 e. The van der Waals surface area contributed by atoms with Crippen molar-refractivity contribution in [2.75, 3.05) is 6.54 Å². The van der Waals surface area contributed by atoms with Crippen molar-refractivity contribution in [3.05, 3.63) is 0 Å². The highest BCUT2D eigenvalue weighted by atomic mass is 16.2. The third-order valence-corrected chi connectivity index (χ3v) is 3.58. The first-order valence-electron chi connectivity index (χ1n) is 6.10. The van der Waals surface area contributed by atoms with Gasteiger partial charge in [-0.1, -0.05) is 20.8 Å². The van der Waals surface area contributed by atoms with Crippen LogP contribution in [0, 0.1) is 11.8 Å². The second-order valence-electron chi connectivity index (χ2n) is 5.35. The third-order valence-electron chi connectivity index (χ3n) is 3.58. The van der Waals surface area contributed by atoms with Gasteiger partial charge in [0.15, 0.2) is 0 Å². The number of nitrogens with zero attached hydrogens (tertiary/aromatic N) is 1. The van der Waals surface area contributed by atoms with E-state index in [1.807, 2.05) is 18.7 Å². The highest BCUT2D eigenvalue weighted by molar-refractivity contribution is 5.90. The van der Waals surface area contributed by atoms with Crippen molar-refractivity contribution in [2.45, 2.75) is 45.7 Å². The Bertz CT molecular complexity index is 314. The maximum atomic E-state index is 12.3. The Morgan fingerprint density at radius 2 is 2.00 bits per heavy atom. The largest absolute Gasteiger partial charge is 0.344 e. The summed E-state index contributed by atoms with van der Waals surface area (Å²) in [7, 11) is 0. The van der Waals surface area contributed by atoms with Gasteiger partial charge in [-0.25, -0.2) is 0 Å². The molecule has 2 rings (SSSR count). The van der Waals surface area contributed by atoms with Gasteiger partial charge in [0, 0.05) is 19.0 Å². The Morgan fingerprint density at radius 3 is 2.50 bits per heavy atom. The lowest BCUT2D eigenvalue weighted by Gasteiger charge is -2.26. The van der Waals surface area contributed by atoms with E-state index in [1.165, 1.54) is 0 Å². The zero-order valence-corrected chi connectivity index (χ0v) is 10.2. The van der Waals surface area contributed by atoms with Crippen molar-refractivity contribution in [3.63, 3.8) is 0 Å². The van der Waals surface area contributed by atoms with Crippen LogP contribution in [0.4, 0.5) is 0 Å². The van der Waals surface area contributed by atoms with Gasteiger partial charge in [-0.15, -0.1) is 0 Å². The van der Waals surface area contributed by atoms with Crippen LogP contribution in [0.25, 0.3) is 0 Å². The molecule has 3 atom stereocenters. The Balaban J connectivity index is 2.14. The van der Waals surface area contributed by atoms with E-state index in [0.717, 1.165) is 6.42 Å². The number of amides is 2. The van der Waals surface area contributed by atoms with Gasteiger partial charge in [0.2, 0.25) is 11.8 Å². The van der Waals surface area contributed by atoms with E-state index >= 15 is 0 Å². The topological polar surface area (TPSA) is 49.4 Å². The SMILES string of the molecule is CC(C)C1NC(=O)CCN(C2CC2C)C1=O. The van der Waals surface area contributed by atoms with Gasteiger partial charge in [0.1, 0.15) is 6.04 Å². The lowest BCUT2D eigenvalue weighted by Crippen LogP contribution is -2.48. The van der Waals surface area contributed by atoms with E-state index in [2.05, 4.69) is 12.2 Å². The Labute approximate surface area is 96.4 Å². The van der Waals surface area contributed by atoms with Crippen molar-refractivity contribution >= 4 is 11.8 Å². The molecule has 1 heterocycles. The quantitative estimate of drug-likeness (QED) is 0.753. The zero-order chi connectivity index (χ0) is 11.9. The minimum Gasteiger partial charge on any atom is -0.344 e. The van der Waals surface area contributed by atoms with Crippen LogP contribution in [-0.4, -0.2) is 35.3 Å². The zero-order valence-electron chi connectivity index (χ0n) is 10.2. The standard InChI is InChI=1S/C12H20N2O2/c1-7(2)11-12(16)14(9-6-8(9)3)5-4-10(15)13-11/h7-9,11H,4-6H2,1-3H3,(H,13,15). The van der Waals surface area contributed by atoms with E-state index in [9.17, 15) is 9.59 Å².